The molecule has 0 unspecified atom stereocenters. The monoisotopic (exact) mass is 312 g/mol. The zero-order valence-corrected chi connectivity index (χ0v) is 13.5. The van der Waals surface area contributed by atoms with Crippen LogP contribution in [0.3, 0.4) is 0 Å². The minimum Gasteiger partial charge on any atom is -0.293 e. The average molecular weight is 312 g/mol. The zero-order chi connectivity index (χ0) is 15.7. The fourth-order valence-electron chi connectivity index (χ4n) is 2.25. The standard InChI is InChI=1S/C16H16N4OS/c1-10-9-11(2)20-15(17-10)18-16(19-20)22-12(3)14(21)13-7-5-4-6-8-13/h4-9,12H,1-3H3/t12-/m0/s1. The summed E-state index contributed by atoms with van der Waals surface area (Å²) in [6.07, 6.45) is 0. The fraction of sp³-hybridized carbons (Fsp3) is 0.250. The summed E-state index contributed by atoms with van der Waals surface area (Å²) in [5, 5.41) is 4.74. The van der Waals surface area contributed by atoms with Crippen molar-refractivity contribution in [3.05, 3.63) is 53.3 Å². The Balaban J connectivity index is 1.84. The van der Waals surface area contributed by atoms with Crippen molar-refractivity contribution in [3.8, 4) is 0 Å². The van der Waals surface area contributed by atoms with E-state index in [1.807, 2.05) is 57.2 Å². The summed E-state index contributed by atoms with van der Waals surface area (Å²) in [7, 11) is 0. The van der Waals surface area contributed by atoms with Gasteiger partial charge >= 0.3 is 0 Å². The van der Waals surface area contributed by atoms with Crippen LogP contribution in [0.1, 0.15) is 28.7 Å². The van der Waals surface area contributed by atoms with Crippen molar-refractivity contribution in [2.75, 3.05) is 0 Å². The number of aryl methyl sites for hydroxylation is 2. The van der Waals surface area contributed by atoms with E-state index in [2.05, 4.69) is 15.1 Å². The lowest BCUT2D eigenvalue weighted by atomic mass is 10.1. The lowest BCUT2D eigenvalue weighted by Crippen LogP contribution is -2.13. The molecule has 112 valence electrons. The van der Waals surface area contributed by atoms with Crippen LogP contribution in [0.4, 0.5) is 0 Å². The second-order valence-corrected chi connectivity index (χ2v) is 6.44. The third kappa shape index (κ3) is 2.87. The first-order chi connectivity index (χ1) is 10.5. The second-order valence-electron chi connectivity index (χ2n) is 5.14. The smallest absolute Gasteiger partial charge is 0.253 e. The summed E-state index contributed by atoms with van der Waals surface area (Å²) >= 11 is 1.35. The van der Waals surface area contributed by atoms with Crippen LogP contribution in [-0.4, -0.2) is 30.6 Å². The largest absolute Gasteiger partial charge is 0.293 e. The molecule has 0 aliphatic carbocycles. The normalized spacial score (nSPS) is 12.5. The highest BCUT2D eigenvalue weighted by Crippen LogP contribution is 2.23. The van der Waals surface area contributed by atoms with Crippen molar-refractivity contribution < 1.29 is 4.79 Å². The first-order valence-electron chi connectivity index (χ1n) is 7.01. The summed E-state index contributed by atoms with van der Waals surface area (Å²) in [6.45, 7) is 5.76. The van der Waals surface area contributed by atoms with E-state index in [9.17, 15) is 4.79 Å². The third-order valence-corrected chi connectivity index (χ3v) is 4.26. The zero-order valence-electron chi connectivity index (χ0n) is 12.6. The highest BCUT2D eigenvalue weighted by atomic mass is 32.2. The Morgan fingerprint density at radius 3 is 2.64 bits per heavy atom. The van der Waals surface area contributed by atoms with Gasteiger partial charge in [-0.15, -0.1) is 5.10 Å². The molecule has 0 saturated carbocycles. The number of Topliss-reactive ketones (excluding diaryl/α,β-unsaturated/α-hetero) is 1. The molecule has 1 atom stereocenters. The number of benzene rings is 1. The molecule has 3 aromatic rings. The molecule has 0 spiro atoms. The van der Waals surface area contributed by atoms with Crippen molar-refractivity contribution >= 4 is 23.3 Å². The van der Waals surface area contributed by atoms with Crippen molar-refractivity contribution in [1.82, 2.24) is 19.6 Å². The first-order valence-corrected chi connectivity index (χ1v) is 7.89. The van der Waals surface area contributed by atoms with Gasteiger partial charge in [-0.3, -0.25) is 4.79 Å². The summed E-state index contributed by atoms with van der Waals surface area (Å²) < 4.78 is 1.70. The molecule has 0 N–H and O–H groups in total. The van der Waals surface area contributed by atoms with Gasteiger partial charge in [0.2, 0.25) is 5.16 Å². The fourth-order valence-corrected chi connectivity index (χ4v) is 3.07. The maximum absolute atomic E-state index is 12.4. The molecule has 5 nitrogen and oxygen atoms in total. The van der Waals surface area contributed by atoms with Crippen LogP contribution in [0.25, 0.3) is 5.78 Å². The Kier molecular flexibility index (Phi) is 3.94. The van der Waals surface area contributed by atoms with Crippen LogP contribution in [0.2, 0.25) is 0 Å². The molecule has 6 heteroatoms. The number of aromatic nitrogens is 4. The quantitative estimate of drug-likeness (QED) is 0.547. The van der Waals surface area contributed by atoms with Gasteiger partial charge in [0.1, 0.15) is 0 Å². The SMILES string of the molecule is Cc1cc(C)n2nc(S[C@@H](C)C(=O)c3ccccc3)nc2n1. The number of hydrogen-bond acceptors (Lipinski definition) is 5. The summed E-state index contributed by atoms with van der Waals surface area (Å²) in [5.41, 5.74) is 2.59. The van der Waals surface area contributed by atoms with E-state index in [1.165, 1.54) is 11.8 Å². The molecule has 0 radical (unpaired) electrons. The number of thioether (sulfide) groups is 1. The molecular formula is C16H16N4OS. The Hall–Kier alpha value is -2.21. The van der Waals surface area contributed by atoms with Gasteiger partial charge in [0.25, 0.3) is 5.78 Å². The van der Waals surface area contributed by atoms with Gasteiger partial charge in [-0.05, 0) is 26.8 Å². The Bertz CT molecular complexity index is 829. The van der Waals surface area contributed by atoms with Gasteiger partial charge in [0, 0.05) is 17.0 Å². The molecular weight excluding hydrogens is 296 g/mol. The van der Waals surface area contributed by atoms with E-state index in [0.717, 1.165) is 11.4 Å². The molecule has 0 saturated heterocycles. The van der Waals surface area contributed by atoms with Crippen LogP contribution in [-0.2, 0) is 0 Å². The molecule has 22 heavy (non-hydrogen) atoms. The van der Waals surface area contributed by atoms with Gasteiger partial charge in [-0.2, -0.15) is 4.98 Å². The van der Waals surface area contributed by atoms with E-state index in [4.69, 9.17) is 0 Å². The number of fused-ring (bicyclic) bond motifs is 1. The second kappa shape index (κ2) is 5.88. The van der Waals surface area contributed by atoms with Gasteiger partial charge in [-0.25, -0.2) is 9.50 Å². The molecule has 0 bridgehead atoms. The topological polar surface area (TPSA) is 60.2 Å². The highest BCUT2D eigenvalue weighted by Gasteiger charge is 2.19. The molecule has 3 rings (SSSR count). The predicted octanol–water partition coefficient (Wildman–Crippen LogP) is 3.10. The summed E-state index contributed by atoms with van der Waals surface area (Å²) in [6, 6.07) is 11.2. The van der Waals surface area contributed by atoms with E-state index < -0.39 is 0 Å². The number of nitrogens with zero attached hydrogens (tertiary/aromatic N) is 4. The molecule has 0 aliphatic rings. The third-order valence-electron chi connectivity index (χ3n) is 3.31. The van der Waals surface area contributed by atoms with Gasteiger partial charge < -0.3 is 0 Å². The number of rotatable bonds is 4. The molecule has 0 amide bonds. The number of hydrogen-bond donors (Lipinski definition) is 0. The maximum Gasteiger partial charge on any atom is 0.253 e. The lowest BCUT2D eigenvalue weighted by molar-refractivity contribution is 0.0994. The van der Waals surface area contributed by atoms with Crippen LogP contribution >= 0.6 is 11.8 Å². The van der Waals surface area contributed by atoms with E-state index in [-0.39, 0.29) is 11.0 Å². The number of carbonyl (C=O) groups is 1. The van der Waals surface area contributed by atoms with E-state index in [0.29, 0.717) is 16.5 Å². The summed E-state index contributed by atoms with van der Waals surface area (Å²) in [5.74, 6) is 0.643. The van der Waals surface area contributed by atoms with Crippen LogP contribution in [0.5, 0.6) is 0 Å². The first kappa shape index (κ1) is 14.7. The number of carbonyl (C=O) groups excluding carboxylic acids is 1. The Morgan fingerprint density at radius 1 is 1.18 bits per heavy atom. The number of ketones is 1. The minimum atomic E-state index is -0.249. The molecule has 2 aromatic heterocycles. The van der Waals surface area contributed by atoms with Crippen LogP contribution in [0, 0.1) is 13.8 Å². The Labute approximate surface area is 132 Å². The van der Waals surface area contributed by atoms with Crippen molar-refractivity contribution in [2.45, 2.75) is 31.2 Å². The van der Waals surface area contributed by atoms with Gasteiger partial charge in [0.05, 0.1) is 5.25 Å². The average Bonchev–Trinajstić information content (AvgIpc) is 2.90. The molecule has 0 aliphatic heterocycles. The van der Waals surface area contributed by atoms with Gasteiger partial charge in [0.15, 0.2) is 5.78 Å². The maximum atomic E-state index is 12.4. The molecule has 0 fully saturated rings. The molecule has 2 heterocycles. The van der Waals surface area contributed by atoms with Gasteiger partial charge in [-0.1, -0.05) is 42.1 Å². The predicted molar refractivity (Wildman–Crippen MR) is 86.3 cm³/mol. The Morgan fingerprint density at radius 2 is 1.91 bits per heavy atom. The highest BCUT2D eigenvalue weighted by molar-refractivity contribution is 8.00. The summed E-state index contributed by atoms with van der Waals surface area (Å²) in [4.78, 5) is 21.1. The van der Waals surface area contributed by atoms with E-state index >= 15 is 0 Å². The van der Waals surface area contributed by atoms with Crippen LogP contribution in [0.15, 0.2) is 41.6 Å². The van der Waals surface area contributed by atoms with Crippen molar-refractivity contribution in [1.29, 1.82) is 0 Å². The van der Waals surface area contributed by atoms with Crippen molar-refractivity contribution in [3.63, 3.8) is 0 Å². The lowest BCUT2D eigenvalue weighted by Gasteiger charge is -2.07. The van der Waals surface area contributed by atoms with Crippen LogP contribution < -0.4 is 0 Å². The van der Waals surface area contributed by atoms with E-state index in [1.54, 1.807) is 4.52 Å². The molecule has 1 aromatic carbocycles. The van der Waals surface area contributed by atoms with Crippen molar-refractivity contribution in [2.24, 2.45) is 0 Å². The minimum absolute atomic E-state index is 0.0744.